The topological polar surface area (TPSA) is 54.3 Å². The Labute approximate surface area is 159 Å². The average molecular weight is 402 g/mol. The summed E-state index contributed by atoms with van der Waals surface area (Å²) in [6, 6.07) is 5.90. The van der Waals surface area contributed by atoms with Gasteiger partial charge in [-0.05, 0) is 37.9 Å². The van der Waals surface area contributed by atoms with Gasteiger partial charge in [0.15, 0.2) is 0 Å². The maximum atomic E-state index is 12.8. The predicted molar refractivity (Wildman–Crippen MR) is 97.1 cm³/mol. The Balaban J connectivity index is 2.26. The molecule has 0 spiro atoms. The Morgan fingerprint density at radius 3 is 2.59 bits per heavy atom. The zero-order valence-electron chi connectivity index (χ0n) is 14.8. The van der Waals surface area contributed by atoms with Crippen LogP contribution in [0.3, 0.4) is 0 Å². The lowest BCUT2D eigenvalue weighted by Gasteiger charge is -2.13. The number of nitrogens with zero attached hydrogens (tertiary/aromatic N) is 2. The SMILES string of the molecule is CN(C)CCNC(=O)c1cc(Cl)c(=O)n(Cc2cccc(C(F)(F)F)c2)c1. The van der Waals surface area contributed by atoms with Crippen LogP contribution >= 0.6 is 11.6 Å². The molecule has 0 fully saturated rings. The van der Waals surface area contributed by atoms with Crippen molar-refractivity contribution in [1.29, 1.82) is 0 Å². The molecule has 0 bridgehead atoms. The molecule has 1 aromatic carbocycles. The van der Waals surface area contributed by atoms with Gasteiger partial charge in [-0.15, -0.1) is 0 Å². The quantitative estimate of drug-likeness (QED) is 0.809. The number of amides is 1. The molecule has 1 N–H and O–H groups in total. The minimum absolute atomic E-state index is 0.138. The lowest BCUT2D eigenvalue weighted by molar-refractivity contribution is -0.137. The summed E-state index contributed by atoms with van der Waals surface area (Å²) in [5, 5.41) is 2.52. The molecule has 146 valence electrons. The maximum absolute atomic E-state index is 12.8. The summed E-state index contributed by atoms with van der Waals surface area (Å²) in [6.45, 7) is 0.890. The van der Waals surface area contributed by atoms with E-state index in [1.807, 2.05) is 19.0 Å². The molecule has 0 radical (unpaired) electrons. The number of nitrogens with one attached hydrogen (secondary N) is 1. The number of alkyl halides is 3. The van der Waals surface area contributed by atoms with Crippen molar-refractivity contribution in [3.05, 3.63) is 68.6 Å². The lowest BCUT2D eigenvalue weighted by atomic mass is 10.1. The molecule has 5 nitrogen and oxygen atoms in total. The number of aromatic nitrogens is 1. The minimum Gasteiger partial charge on any atom is -0.351 e. The van der Waals surface area contributed by atoms with Crippen LogP contribution in [0.1, 0.15) is 21.5 Å². The fourth-order valence-electron chi connectivity index (χ4n) is 2.38. The van der Waals surface area contributed by atoms with E-state index in [1.165, 1.54) is 24.4 Å². The van der Waals surface area contributed by atoms with E-state index < -0.39 is 23.2 Å². The standard InChI is InChI=1S/C18H19ClF3N3O2/c1-24(2)7-6-23-16(26)13-9-15(19)17(27)25(11-13)10-12-4-3-5-14(8-12)18(20,21)22/h3-5,8-9,11H,6-7,10H2,1-2H3,(H,23,26). The van der Waals surface area contributed by atoms with Crippen LogP contribution in [-0.4, -0.2) is 42.6 Å². The van der Waals surface area contributed by atoms with Crippen molar-refractivity contribution in [2.24, 2.45) is 0 Å². The molecule has 0 aliphatic rings. The zero-order chi connectivity index (χ0) is 20.2. The third kappa shape index (κ3) is 5.83. The number of benzene rings is 1. The van der Waals surface area contributed by atoms with Gasteiger partial charge < -0.3 is 14.8 Å². The van der Waals surface area contributed by atoms with E-state index in [1.54, 1.807) is 0 Å². The van der Waals surface area contributed by atoms with Crippen LogP contribution in [-0.2, 0) is 12.7 Å². The number of halogens is 4. The van der Waals surface area contributed by atoms with Gasteiger partial charge in [0.1, 0.15) is 5.02 Å². The molecule has 0 aliphatic carbocycles. The summed E-state index contributed by atoms with van der Waals surface area (Å²) in [7, 11) is 3.72. The summed E-state index contributed by atoms with van der Waals surface area (Å²) in [5.74, 6) is -0.420. The van der Waals surface area contributed by atoms with Gasteiger partial charge in [0.2, 0.25) is 0 Å². The van der Waals surface area contributed by atoms with Crippen molar-refractivity contribution in [2.45, 2.75) is 12.7 Å². The van der Waals surface area contributed by atoms with Crippen molar-refractivity contribution in [3.8, 4) is 0 Å². The van der Waals surface area contributed by atoms with Gasteiger partial charge in [0, 0.05) is 19.3 Å². The van der Waals surface area contributed by atoms with Crippen molar-refractivity contribution < 1.29 is 18.0 Å². The van der Waals surface area contributed by atoms with E-state index in [0.29, 0.717) is 13.1 Å². The molecular weight excluding hydrogens is 383 g/mol. The molecule has 0 atom stereocenters. The Hall–Kier alpha value is -2.32. The number of hydrogen-bond acceptors (Lipinski definition) is 3. The summed E-state index contributed by atoms with van der Waals surface area (Å²) in [4.78, 5) is 26.3. The highest BCUT2D eigenvalue weighted by Gasteiger charge is 2.30. The largest absolute Gasteiger partial charge is 0.416 e. The maximum Gasteiger partial charge on any atom is 0.416 e. The van der Waals surface area contributed by atoms with Crippen LogP contribution in [0.4, 0.5) is 13.2 Å². The Morgan fingerprint density at radius 2 is 1.96 bits per heavy atom. The molecule has 0 saturated carbocycles. The normalized spacial score (nSPS) is 11.7. The molecule has 0 unspecified atom stereocenters. The third-order valence-corrected chi connectivity index (χ3v) is 4.03. The van der Waals surface area contributed by atoms with Gasteiger partial charge in [-0.1, -0.05) is 23.7 Å². The van der Waals surface area contributed by atoms with Crippen molar-refractivity contribution in [3.63, 3.8) is 0 Å². The first-order chi connectivity index (χ1) is 12.6. The van der Waals surface area contributed by atoms with Crippen LogP contribution in [0, 0.1) is 0 Å². The van der Waals surface area contributed by atoms with Crippen molar-refractivity contribution in [1.82, 2.24) is 14.8 Å². The first-order valence-corrected chi connectivity index (χ1v) is 8.45. The number of carbonyl (C=O) groups excluding carboxylic acids is 1. The van der Waals surface area contributed by atoms with Gasteiger partial charge >= 0.3 is 6.18 Å². The van der Waals surface area contributed by atoms with Crippen LogP contribution in [0.25, 0.3) is 0 Å². The van der Waals surface area contributed by atoms with Crippen LogP contribution < -0.4 is 10.9 Å². The van der Waals surface area contributed by atoms with Gasteiger partial charge in [0.05, 0.1) is 17.7 Å². The second-order valence-corrected chi connectivity index (χ2v) is 6.67. The van der Waals surface area contributed by atoms with E-state index in [4.69, 9.17) is 11.6 Å². The first-order valence-electron chi connectivity index (χ1n) is 8.07. The first kappa shape index (κ1) is 21.0. The van der Waals surface area contributed by atoms with Crippen LogP contribution in [0.5, 0.6) is 0 Å². The summed E-state index contributed by atoms with van der Waals surface area (Å²) in [6.07, 6.45) is -3.19. The van der Waals surface area contributed by atoms with Gasteiger partial charge in [-0.25, -0.2) is 0 Å². The monoisotopic (exact) mass is 401 g/mol. The summed E-state index contributed by atoms with van der Waals surface area (Å²) < 4.78 is 39.7. The smallest absolute Gasteiger partial charge is 0.351 e. The van der Waals surface area contributed by atoms with Gasteiger partial charge in [0.25, 0.3) is 11.5 Å². The molecule has 1 heterocycles. The molecule has 0 saturated heterocycles. The molecule has 1 amide bonds. The zero-order valence-corrected chi connectivity index (χ0v) is 15.6. The number of hydrogen-bond donors (Lipinski definition) is 1. The molecule has 2 rings (SSSR count). The van der Waals surface area contributed by atoms with Crippen molar-refractivity contribution in [2.75, 3.05) is 27.2 Å². The number of rotatable bonds is 6. The van der Waals surface area contributed by atoms with E-state index in [9.17, 15) is 22.8 Å². The second kappa shape index (κ2) is 8.58. The molecular formula is C18H19ClF3N3O2. The molecule has 1 aromatic heterocycles. The highest BCUT2D eigenvalue weighted by atomic mass is 35.5. The second-order valence-electron chi connectivity index (χ2n) is 6.27. The Morgan fingerprint density at radius 1 is 1.26 bits per heavy atom. The van der Waals surface area contributed by atoms with Crippen molar-refractivity contribution >= 4 is 17.5 Å². The highest BCUT2D eigenvalue weighted by Crippen LogP contribution is 2.29. The average Bonchev–Trinajstić information content (AvgIpc) is 2.57. The third-order valence-electron chi connectivity index (χ3n) is 3.76. The van der Waals surface area contributed by atoms with E-state index in [-0.39, 0.29) is 22.7 Å². The lowest BCUT2D eigenvalue weighted by Crippen LogP contribution is -2.32. The number of likely N-dealkylation sites (N-methyl/N-ethyl adjacent to an activating group) is 1. The van der Waals surface area contributed by atoms with Gasteiger partial charge in [-0.3, -0.25) is 9.59 Å². The number of carbonyl (C=O) groups is 1. The summed E-state index contributed by atoms with van der Waals surface area (Å²) in [5.41, 5.74) is -0.964. The molecule has 2 aromatic rings. The van der Waals surface area contributed by atoms with E-state index >= 15 is 0 Å². The van der Waals surface area contributed by atoms with E-state index in [2.05, 4.69) is 5.32 Å². The number of pyridine rings is 1. The van der Waals surface area contributed by atoms with E-state index in [0.717, 1.165) is 16.7 Å². The highest BCUT2D eigenvalue weighted by molar-refractivity contribution is 6.30. The van der Waals surface area contributed by atoms with Crippen LogP contribution in [0.15, 0.2) is 41.3 Å². The fourth-order valence-corrected chi connectivity index (χ4v) is 2.60. The minimum atomic E-state index is -4.48. The molecule has 0 aliphatic heterocycles. The summed E-state index contributed by atoms with van der Waals surface area (Å²) >= 11 is 5.92. The molecule has 9 heteroatoms. The molecule has 27 heavy (non-hydrogen) atoms. The predicted octanol–water partition coefficient (Wildman–Crippen LogP) is 2.86. The Bertz CT molecular complexity index is 879. The van der Waals surface area contributed by atoms with Crippen LogP contribution in [0.2, 0.25) is 5.02 Å². The van der Waals surface area contributed by atoms with Gasteiger partial charge in [-0.2, -0.15) is 13.2 Å². The Kier molecular flexibility index (Phi) is 6.67. The fraction of sp³-hybridized carbons (Fsp3) is 0.333.